The Bertz CT molecular complexity index is 746. The van der Waals surface area contributed by atoms with Crippen molar-refractivity contribution in [3.8, 4) is 5.75 Å². The van der Waals surface area contributed by atoms with Gasteiger partial charge in [0.15, 0.2) is 0 Å². The van der Waals surface area contributed by atoms with Gasteiger partial charge in [-0.2, -0.15) is 0 Å². The molecule has 0 spiro atoms. The fourth-order valence-corrected chi connectivity index (χ4v) is 2.68. The van der Waals surface area contributed by atoms with E-state index in [0.717, 1.165) is 17.6 Å². The lowest BCUT2D eigenvalue weighted by molar-refractivity contribution is -0.136. The predicted octanol–water partition coefficient (Wildman–Crippen LogP) is 3.21. The second-order valence-electron chi connectivity index (χ2n) is 5.79. The summed E-state index contributed by atoms with van der Waals surface area (Å²) in [7, 11) is 0. The first-order valence-electron chi connectivity index (χ1n) is 7.52. The number of nitrogens with one attached hydrogen (secondary N) is 1. The zero-order valence-electron chi connectivity index (χ0n) is 12.9. The Morgan fingerprint density at radius 1 is 1.36 bits per heavy atom. The van der Waals surface area contributed by atoms with Crippen LogP contribution in [0.25, 0.3) is 10.9 Å². The van der Waals surface area contributed by atoms with Crippen LogP contribution in [0.5, 0.6) is 5.75 Å². The van der Waals surface area contributed by atoms with Gasteiger partial charge in [0.2, 0.25) is 0 Å². The first kappa shape index (κ1) is 14.6. The van der Waals surface area contributed by atoms with Gasteiger partial charge in [-0.05, 0) is 44.4 Å². The van der Waals surface area contributed by atoms with Gasteiger partial charge in [0.05, 0.1) is 18.1 Å². The van der Waals surface area contributed by atoms with Crippen LogP contribution in [-0.2, 0) is 9.53 Å². The molecule has 1 fully saturated rings. The number of H-pyrrole nitrogens is 1. The lowest BCUT2D eigenvalue weighted by Crippen LogP contribution is -2.11. The van der Waals surface area contributed by atoms with Gasteiger partial charge in [-0.1, -0.05) is 6.92 Å². The minimum Gasteiger partial charge on any atom is -0.462 e. The third-order valence-electron chi connectivity index (χ3n) is 4.07. The zero-order valence-corrected chi connectivity index (χ0v) is 12.9. The number of esters is 2. The Hall–Kier alpha value is -2.30. The van der Waals surface area contributed by atoms with Crippen molar-refractivity contribution in [1.29, 1.82) is 0 Å². The molecule has 5 nitrogen and oxygen atoms in total. The largest absolute Gasteiger partial charge is 0.462 e. The zero-order chi connectivity index (χ0) is 15.9. The number of carbonyl (C=O) groups excluding carboxylic acids is 2. The maximum Gasteiger partial charge on any atom is 0.340 e. The number of ether oxygens (including phenoxy) is 2. The number of aromatic nitrogens is 1. The summed E-state index contributed by atoms with van der Waals surface area (Å²) in [5, 5.41) is 0.713. The van der Waals surface area contributed by atoms with E-state index in [-0.39, 0.29) is 17.9 Å². The van der Waals surface area contributed by atoms with Crippen LogP contribution in [0, 0.1) is 18.8 Å². The normalized spacial score (nSPS) is 20.0. The lowest BCUT2D eigenvalue weighted by Gasteiger charge is -2.05. The summed E-state index contributed by atoms with van der Waals surface area (Å²) in [4.78, 5) is 27.2. The fourth-order valence-electron chi connectivity index (χ4n) is 2.68. The van der Waals surface area contributed by atoms with Gasteiger partial charge in [-0.15, -0.1) is 0 Å². The molecule has 1 saturated carbocycles. The van der Waals surface area contributed by atoms with Crippen molar-refractivity contribution in [2.75, 3.05) is 6.61 Å². The van der Waals surface area contributed by atoms with Gasteiger partial charge in [-0.3, -0.25) is 4.79 Å². The molecule has 1 heterocycles. The molecule has 22 heavy (non-hydrogen) atoms. The minimum atomic E-state index is -0.370. The van der Waals surface area contributed by atoms with Crippen molar-refractivity contribution in [3.63, 3.8) is 0 Å². The number of aryl methyl sites for hydroxylation is 1. The average Bonchev–Trinajstić information content (AvgIpc) is 3.10. The van der Waals surface area contributed by atoms with Crippen LogP contribution in [-0.4, -0.2) is 23.5 Å². The van der Waals surface area contributed by atoms with Gasteiger partial charge in [0, 0.05) is 16.6 Å². The van der Waals surface area contributed by atoms with Crippen molar-refractivity contribution in [2.45, 2.75) is 27.2 Å². The first-order valence-corrected chi connectivity index (χ1v) is 7.52. The van der Waals surface area contributed by atoms with Crippen molar-refractivity contribution < 1.29 is 19.1 Å². The van der Waals surface area contributed by atoms with E-state index in [9.17, 15) is 9.59 Å². The Labute approximate surface area is 128 Å². The number of fused-ring (bicyclic) bond motifs is 1. The van der Waals surface area contributed by atoms with Gasteiger partial charge in [0.25, 0.3) is 0 Å². The summed E-state index contributed by atoms with van der Waals surface area (Å²) in [6.45, 7) is 5.94. The molecule has 0 saturated heterocycles. The van der Waals surface area contributed by atoms with Crippen molar-refractivity contribution in [1.82, 2.24) is 4.98 Å². The molecular formula is C17H19NO4. The number of aromatic amines is 1. The second-order valence-corrected chi connectivity index (χ2v) is 5.79. The van der Waals surface area contributed by atoms with Crippen LogP contribution in [0.3, 0.4) is 0 Å². The van der Waals surface area contributed by atoms with E-state index < -0.39 is 0 Å². The fraction of sp³-hybridized carbons (Fsp3) is 0.412. The quantitative estimate of drug-likeness (QED) is 0.695. The first-order chi connectivity index (χ1) is 10.5. The minimum absolute atomic E-state index is 0.00758. The third kappa shape index (κ3) is 2.58. The molecule has 0 amide bonds. The molecule has 116 valence electrons. The number of hydrogen-bond acceptors (Lipinski definition) is 4. The Morgan fingerprint density at radius 2 is 2.09 bits per heavy atom. The summed E-state index contributed by atoms with van der Waals surface area (Å²) < 4.78 is 10.5. The van der Waals surface area contributed by atoms with E-state index in [0.29, 0.717) is 29.2 Å². The molecule has 0 unspecified atom stereocenters. The van der Waals surface area contributed by atoms with Crippen molar-refractivity contribution in [3.05, 3.63) is 29.5 Å². The number of carbonyl (C=O) groups is 2. The molecule has 1 aliphatic carbocycles. The molecule has 2 atom stereocenters. The van der Waals surface area contributed by atoms with E-state index in [2.05, 4.69) is 4.98 Å². The van der Waals surface area contributed by atoms with Crippen molar-refractivity contribution in [2.24, 2.45) is 11.8 Å². The molecule has 5 heteroatoms. The summed E-state index contributed by atoms with van der Waals surface area (Å²) in [5.41, 5.74) is 2.06. The molecule has 0 aliphatic heterocycles. The second kappa shape index (κ2) is 5.48. The van der Waals surface area contributed by atoms with E-state index >= 15 is 0 Å². The van der Waals surface area contributed by atoms with E-state index in [4.69, 9.17) is 9.47 Å². The molecule has 2 aromatic rings. The highest BCUT2D eigenvalue weighted by atomic mass is 16.5. The summed E-state index contributed by atoms with van der Waals surface area (Å²) in [5.74, 6) is 0.303. The molecule has 1 aromatic heterocycles. The molecule has 1 aromatic carbocycles. The topological polar surface area (TPSA) is 68.4 Å². The average molecular weight is 301 g/mol. The summed E-state index contributed by atoms with van der Waals surface area (Å²) in [6, 6.07) is 5.26. The Kier molecular flexibility index (Phi) is 3.64. The van der Waals surface area contributed by atoms with Crippen LogP contribution >= 0.6 is 0 Å². The monoisotopic (exact) mass is 301 g/mol. The van der Waals surface area contributed by atoms with Crippen LogP contribution in [0.2, 0.25) is 0 Å². The van der Waals surface area contributed by atoms with E-state index in [1.807, 2.05) is 19.9 Å². The molecule has 1 aliphatic rings. The van der Waals surface area contributed by atoms with Gasteiger partial charge < -0.3 is 14.5 Å². The highest BCUT2D eigenvalue weighted by Crippen LogP contribution is 2.39. The number of rotatable bonds is 4. The molecule has 0 bridgehead atoms. The molecular weight excluding hydrogens is 282 g/mol. The SMILES string of the molecule is CCOC(=O)c1c(C)[nH]c2ccc(OC(=O)[C@H]3C[C@@H]3C)cc12. The van der Waals surface area contributed by atoms with E-state index in [1.54, 1.807) is 19.1 Å². The van der Waals surface area contributed by atoms with Crippen molar-refractivity contribution >= 4 is 22.8 Å². The van der Waals surface area contributed by atoms with Crippen LogP contribution < -0.4 is 4.74 Å². The number of benzene rings is 1. The van der Waals surface area contributed by atoms with Gasteiger partial charge in [0.1, 0.15) is 5.75 Å². The highest BCUT2D eigenvalue weighted by molar-refractivity contribution is 6.06. The highest BCUT2D eigenvalue weighted by Gasteiger charge is 2.40. The van der Waals surface area contributed by atoms with Crippen LogP contribution in [0.1, 0.15) is 36.3 Å². The van der Waals surface area contributed by atoms with Gasteiger partial charge in [-0.25, -0.2) is 4.79 Å². The standard InChI is InChI=1S/C17H19NO4/c1-4-21-17(20)15-10(3)18-14-6-5-11(8-13(14)15)22-16(19)12-7-9(12)2/h5-6,8-9,12,18H,4,7H2,1-3H3/t9-,12-/m0/s1. The number of hydrogen-bond donors (Lipinski definition) is 1. The smallest absolute Gasteiger partial charge is 0.340 e. The van der Waals surface area contributed by atoms with Crippen LogP contribution in [0.15, 0.2) is 18.2 Å². The van der Waals surface area contributed by atoms with Gasteiger partial charge >= 0.3 is 11.9 Å². The predicted molar refractivity (Wildman–Crippen MR) is 81.9 cm³/mol. The maximum absolute atomic E-state index is 12.1. The molecule has 0 radical (unpaired) electrons. The molecule has 3 rings (SSSR count). The summed E-state index contributed by atoms with van der Waals surface area (Å²) in [6.07, 6.45) is 0.887. The molecule has 1 N–H and O–H groups in total. The van der Waals surface area contributed by atoms with Crippen LogP contribution in [0.4, 0.5) is 0 Å². The Balaban J connectivity index is 1.92. The summed E-state index contributed by atoms with van der Waals surface area (Å²) >= 11 is 0. The third-order valence-corrected chi connectivity index (χ3v) is 4.07. The van der Waals surface area contributed by atoms with E-state index in [1.165, 1.54) is 0 Å². The Morgan fingerprint density at radius 3 is 2.73 bits per heavy atom. The lowest BCUT2D eigenvalue weighted by atomic mass is 10.1. The maximum atomic E-state index is 12.1.